The SMILES string of the molecule is CN1CCC(C2c3c(Br)cc(Cl)cc3CCC3=CC(Br)=CNC32)CC1. The number of hydrogen-bond donors (Lipinski definition) is 1. The fourth-order valence-electron chi connectivity index (χ4n) is 4.71. The van der Waals surface area contributed by atoms with E-state index >= 15 is 0 Å². The molecule has 5 heteroatoms. The molecule has 2 atom stereocenters. The van der Waals surface area contributed by atoms with E-state index in [1.54, 1.807) is 0 Å². The van der Waals surface area contributed by atoms with Gasteiger partial charge in [-0.25, -0.2) is 0 Å². The van der Waals surface area contributed by atoms with Crippen LogP contribution in [0.4, 0.5) is 0 Å². The predicted octanol–water partition coefficient (Wildman–Crippen LogP) is 5.61. The van der Waals surface area contributed by atoms with Crippen molar-refractivity contribution in [2.24, 2.45) is 5.92 Å². The molecule has 1 aromatic carbocycles. The van der Waals surface area contributed by atoms with Gasteiger partial charge < -0.3 is 10.2 Å². The lowest BCUT2D eigenvalue weighted by atomic mass is 9.73. The minimum Gasteiger partial charge on any atom is -0.383 e. The Kier molecular flexibility index (Phi) is 5.34. The van der Waals surface area contributed by atoms with Crippen LogP contribution in [0.15, 0.2) is 38.9 Å². The van der Waals surface area contributed by atoms with Crippen LogP contribution in [0.1, 0.15) is 36.3 Å². The summed E-state index contributed by atoms with van der Waals surface area (Å²) in [5, 5.41) is 4.54. The Hall–Kier alpha value is -0.290. The second-order valence-electron chi connectivity index (χ2n) is 7.52. The van der Waals surface area contributed by atoms with E-state index in [0.29, 0.717) is 17.9 Å². The number of benzene rings is 1. The van der Waals surface area contributed by atoms with Gasteiger partial charge in [-0.15, -0.1) is 0 Å². The summed E-state index contributed by atoms with van der Waals surface area (Å²) in [6, 6.07) is 4.64. The maximum atomic E-state index is 6.38. The van der Waals surface area contributed by atoms with Crippen molar-refractivity contribution < 1.29 is 0 Å². The van der Waals surface area contributed by atoms with Crippen LogP contribution in [0, 0.1) is 5.92 Å². The molecule has 1 aliphatic carbocycles. The fourth-order valence-corrected chi connectivity index (χ4v) is 6.27. The highest BCUT2D eigenvalue weighted by Crippen LogP contribution is 2.46. The van der Waals surface area contributed by atoms with Crippen LogP contribution in [0.3, 0.4) is 0 Å². The number of hydrogen-bond acceptors (Lipinski definition) is 2. The molecule has 2 aliphatic heterocycles. The standard InChI is InChI=1S/C20H23Br2ClN2/c1-25-6-4-12(5-7-25)19-18-13(9-16(23)10-17(18)22)2-3-14-8-15(21)11-24-20(14)19/h8-12,19-20,24H,2-7H2,1H3. The summed E-state index contributed by atoms with van der Waals surface area (Å²) in [4.78, 5) is 2.45. The van der Waals surface area contributed by atoms with Crippen molar-refractivity contribution in [2.75, 3.05) is 20.1 Å². The number of dihydropyridines is 1. The zero-order chi connectivity index (χ0) is 17.6. The number of halogens is 3. The van der Waals surface area contributed by atoms with Gasteiger partial charge >= 0.3 is 0 Å². The molecule has 0 spiro atoms. The summed E-state index contributed by atoms with van der Waals surface area (Å²) < 4.78 is 2.32. The molecule has 25 heavy (non-hydrogen) atoms. The normalized spacial score (nSPS) is 27.5. The molecule has 0 amide bonds. The van der Waals surface area contributed by atoms with Crippen LogP contribution in [0.25, 0.3) is 0 Å². The van der Waals surface area contributed by atoms with Gasteiger partial charge in [-0.05, 0) is 103 Å². The summed E-state index contributed by atoms with van der Waals surface area (Å²) in [5.74, 6) is 1.18. The predicted molar refractivity (Wildman–Crippen MR) is 112 cm³/mol. The Bertz CT molecular complexity index is 735. The number of rotatable bonds is 1. The van der Waals surface area contributed by atoms with Gasteiger partial charge in [0.2, 0.25) is 0 Å². The molecule has 1 saturated heterocycles. The molecular formula is C20H23Br2ClN2. The topological polar surface area (TPSA) is 15.3 Å². The van der Waals surface area contributed by atoms with E-state index in [-0.39, 0.29) is 0 Å². The molecule has 2 heterocycles. The molecule has 1 fully saturated rings. The molecule has 1 N–H and O–H groups in total. The van der Waals surface area contributed by atoms with Crippen LogP contribution < -0.4 is 5.32 Å². The number of allylic oxidation sites excluding steroid dienone is 2. The summed E-state index contributed by atoms with van der Waals surface area (Å²) in [6.45, 7) is 2.38. The van der Waals surface area contributed by atoms with Gasteiger partial charge in [-0.3, -0.25) is 0 Å². The van der Waals surface area contributed by atoms with Gasteiger partial charge in [0.25, 0.3) is 0 Å². The summed E-state index contributed by atoms with van der Waals surface area (Å²) in [5.41, 5.74) is 4.40. The summed E-state index contributed by atoms with van der Waals surface area (Å²) >= 11 is 13.9. The molecule has 0 bridgehead atoms. The van der Waals surface area contributed by atoms with E-state index in [1.807, 2.05) is 0 Å². The molecule has 134 valence electrons. The van der Waals surface area contributed by atoms with Crippen molar-refractivity contribution in [1.29, 1.82) is 0 Å². The molecule has 1 aromatic rings. The van der Waals surface area contributed by atoms with E-state index in [9.17, 15) is 0 Å². The lowest BCUT2D eigenvalue weighted by molar-refractivity contribution is 0.187. The highest BCUT2D eigenvalue weighted by Gasteiger charge is 2.39. The van der Waals surface area contributed by atoms with E-state index < -0.39 is 0 Å². The number of piperidine rings is 1. The lowest BCUT2D eigenvalue weighted by Gasteiger charge is -2.40. The first-order valence-electron chi connectivity index (χ1n) is 9.01. The first kappa shape index (κ1) is 18.1. The molecule has 3 aliphatic rings. The number of likely N-dealkylation sites (tertiary alicyclic amines) is 1. The minimum absolute atomic E-state index is 0.383. The maximum Gasteiger partial charge on any atom is 0.0543 e. The molecule has 0 saturated carbocycles. The van der Waals surface area contributed by atoms with Crippen molar-refractivity contribution in [2.45, 2.75) is 37.6 Å². The third-order valence-electron chi connectivity index (χ3n) is 5.95. The Balaban J connectivity index is 1.80. The van der Waals surface area contributed by atoms with Gasteiger partial charge in [0, 0.05) is 26.1 Å². The van der Waals surface area contributed by atoms with E-state index in [1.165, 1.54) is 47.1 Å². The van der Waals surface area contributed by atoms with E-state index in [2.05, 4.69) is 73.5 Å². The molecule has 0 radical (unpaired) electrons. The van der Waals surface area contributed by atoms with Crippen molar-refractivity contribution in [3.63, 3.8) is 0 Å². The number of nitrogens with zero attached hydrogens (tertiary/aromatic N) is 1. The fraction of sp³-hybridized carbons (Fsp3) is 0.500. The Morgan fingerprint density at radius 3 is 2.68 bits per heavy atom. The van der Waals surface area contributed by atoms with E-state index in [0.717, 1.165) is 22.3 Å². The van der Waals surface area contributed by atoms with Crippen LogP contribution in [0.2, 0.25) is 5.02 Å². The third-order valence-corrected chi connectivity index (χ3v) is 7.28. The average molecular weight is 487 g/mol. The zero-order valence-electron chi connectivity index (χ0n) is 14.4. The van der Waals surface area contributed by atoms with E-state index in [4.69, 9.17) is 11.6 Å². The van der Waals surface area contributed by atoms with Crippen LogP contribution in [-0.4, -0.2) is 31.1 Å². The second-order valence-corrected chi connectivity index (χ2v) is 9.73. The summed E-state index contributed by atoms with van der Waals surface area (Å²) in [7, 11) is 2.23. The molecule has 2 nitrogen and oxygen atoms in total. The average Bonchev–Trinajstić information content (AvgIpc) is 2.72. The lowest BCUT2D eigenvalue weighted by Crippen LogP contribution is -2.42. The smallest absolute Gasteiger partial charge is 0.0543 e. The minimum atomic E-state index is 0.383. The van der Waals surface area contributed by atoms with Crippen molar-refractivity contribution in [3.8, 4) is 0 Å². The van der Waals surface area contributed by atoms with Crippen LogP contribution >= 0.6 is 43.5 Å². The van der Waals surface area contributed by atoms with Crippen LogP contribution in [-0.2, 0) is 6.42 Å². The molecule has 0 aromatic heterocycles. The van der Waals surface area contributed by atoms with Gasteiger partial charge in [-0.2, -0.15) is 0 Å². The van der Waals surface area contributed by atoms with Gasteiger partial charge in [-0.1, -0.05) is 27.5 Å². The second kappa shape index (κ2) is 7.38. The first-order chi connectivity index (χ1) is 12.0. The molecule has 4 rings (SSSR count). The summed E-state index contributed by atoms with van der Waals surface area (Å²) in [6.07, 6.45) is 9.10. The zero-order valence-corrected chi connectivity index (χ0v) is 18.3. The Labute approximate surface area is 171 Å². The van der Waals surface area contributed by atoms with Gasteiger partial charge in [0.15, 0.2) is 0 Å². The quantitative estimate of drug-likeness (QED) is 0.555. The third kappa shape index (κ3) is 3.60. The van der Waals surface area contributed by atoms with Crippen molar-refractivity contribution in [3.05, 3.63) is 55.1 Å². The molecule has 2 unspecified atom stereocenters. The first-order valence-corrected chi connectivity index (χ1v) is 11.0. The van der Waals surface area contributed by atoms with Crippen LogP contribution in [0.5, 0.6) is 0 Å². The maximum absolute atomic E-state index is 6.38. The van der Waals surface area contributed by atoms with Crippen molar-refractivity contribution >= 4 is 43.5 Å². The van der Waals surface area contributed by atoms with Gasteiger partial charge in [0.05, 0.1) is 6.04 Å². The number of nitrogens with one attached hydrogen (secondary N) is 1. The highest BCUT2D eigenvalue weighted by atomic mass is 79.9. The highest BCUT2D eigenvalue weighted by molar-refractivity contribution is 9.12. The largest absolute Gasteiger partial charge is 0.383 e. The molecular weight excluding hydrogens is 463 g/mol. The Morgan fingerprint density at radius 2 is 1.92 bits per heavy atom. The number of aryl methyl sites for hydroxylation is 1. The van der Waals surface area contributed by atoms with Crippen molar-refractivity contribution in [1.82, 2.24) is 10.2 Å². The van der Waals surface area contributed by atoms with Gasteiger partial charge in [0.1, 0.15) is 0 Å². The monoisotopic (exact) mass is 484 g/mol. The Morgan fingerprint density at radius 1 is 1.16 bits per heavy atom. The number of fused-ring (bicyclic) bond motifs is 2.